The highest BCUT2D eigenvalue weighted by atomic mass is 16.6. The molecule has 0 aliphatic heterocycles. The lowest BCUT2D eigenvalue weighted by atomic mass is 10.2. The summed E-state index contributed by atoms with van der Waals surface area (Å²) in [4.78, 5) is 14.9. The maximum Gasteiger partial charge on any atom is 0.356 e. The van der Waals surface area contributed by atoms with Crippen LogP contribution in [0.2, 0.25) is 0 Å². The lowest BCUT2D eigenvalue weighted by Crippen LogP contribution is -2.29. The molecule has 1 atom stereocenters. The number of carbonyl (C=O) groups is 1. The molecule has 0 spiro atoms. The van der Waals surface area contributed by atoms with Crippen LogP contribution in [0, 0.1) is 0 Å². The van der Waals surface area contributed by atoms with Crippen LogP contribution in [0.25, 0.3) is 0 Å². The molecule has 0 bridgehead atoms. The summed E-state index contributed by atoms with van der Waals surface area (Å²) in [5, 5.41) is 12.0. The number of carboxylic acids is 1. The van der Waals surface area contributed by atoms with Gasteiger partial charge in [-0.1, -0.05) is 12.1 Å². The third-order valence-electron chi connectivity index (χ3n) is 1.37. The van der Waals surface area contributed by atoms with E-state index in [1.165, 1.54) is 14.2 Å². The second kappa shape index (κ2) is 5.54. The maximum absolute atomic E-state index is 10.6. The molecule has 70 valence electrons. The standard InChI is InChI=1S/C7H13NO4/c1-4-5(11-2)6(7(9)10)8-12-3/h5H,4H2,1-3H3,(H,9,10). The highest BCUT2D eigenvalue weighted by Crippen LogP contribution is 2.00. The molecular weight excluding hydrogens is 162 g/mol. The predicted octanol–water partition coefficient (Wildman–Crippen LogP) is 0.498. The van der Waals surface area contributed by atoms with Crippen LogP contribution in [0.4, 0.5) is 0 Å². The van der Waals surface area contributed by atoms with E-state index in [0.717, 1.165) is 0 Å². The molecule has 1 N–H and O–H groups in total. The Bertz CT molecular complexity index is 174. The van der Waals surface area contributed by atoms with Gasteiger partial charge in [0.25, 0.3) is 0 Å². The van der Waals surface area contributed by atoms with Gasteiger partial charge in [0.15, 0.2) is 5.71 Å². The van der Waals surface area contributed by atoms with Crippen LogP contribution in [0.1, 0.15) is 13.3 Å². The Kier molecular flexibility index (Phi) is 5.03. The van der Waals surface area contributed by atoms with Crippen molar-refractivity contribution in [2.45, 2.75) is 19.4 Å². The molecule has 0 rings (SSSR count). The van der Waals surface area contributed by atoms with E-state index in [1.54, 1.807) is 0 Å². The van der Waals surface area contributed by atoms with Gasteiger partial charge < -0.3 is 14.7 Å². The number of methoxy groups -OCH3 is 1. The van der Waals surface area contributed by atoms with Crippen molar-refractivity contribution in [1.82, 2.24) is 0 Å². The fraction of sp³-hybridized carbons (Fsp3) is 0.714. The second-order valence-corrected chi connectivity index (χ2v) is 2.10. The zero-order valence-corrected chi connectivity index (χ0v) is 7.40. The first-order valence-corrected chi connectivity index (χ1v) is 3.54. The fourth-order valence-corrected chi connectivity index (χ4v) is 0.806. The molecule has 0 aliphatic carbocycles. The van der Waals surface area contributed by atoms with Gasteiger partial charge in [-0.05, 0) is 6.42 Å². The van der Waals surface area contributed by atoms with Gasteiger partial charge in [0.05, 0.1) is 0 Å². The molecule has 0 saturated heterocycles. The van der Waals surface area contributed by atoms with Crippen molar-refractivity contribution in [1.29, 1.82) is 0 Å². The Balaban J connectivity index is 4.48. The number of carboxylic acid groups (broad SMARTS) is 1. The van der Waals surface area contributed by atoms with Crippen LogP contribution in [-0.2, 0) is 14.4 Å². The molecule has 0 aromatic heterocycles. The van der Waals surface area contributed by atoms with Crippen LogP contribution in [0.3, 0.4) is 0 Å². The van der Waals surface area contributed by atoms with Crippen LogP contribution >= 0.6 is 0 Å². The first kappa shape index (κ1) is 10.9. The smallest absolute Gasteiger partial charge is 0.356 e. The van der Waals surface area contributed by atoms with E-state index in [1.807, 2.05) is 6.92 Å². The molecule has 0 amide bonds. The molecular formula is C7H13NO4. The molecule has 0 saturated carbocycles. The zero-order valence-electron chi connectivity index (χ0n) is 7.40. The quantitative estimate of drug-likeness (QED) is 0.488. The highest BCUT2D eigenvalue weighted by molar-refractivity contribution is 6.37. The molecule has 12 heavy (non-hydrogen) atoms. The largest absolute Gasteiger partial charge is 0.477 e. The first-order chi connectivity index (χ1) is 5.67. The second-order valence-electron chi connectivity index (χ2n) is 2.10. The lowest BCUT2D eigenvalue weighted by molar-refractivity contribution is -0.130. The Hall–Kier alpha value is -1.10. The van der Waals surface area contributed by atoms with Crippen molar-refractivity contribution in [2.75, 3.05) is 14.2 Å². The van der Waals surface area contributed by atoms with E-state index >= 15 is 0 Å². The minimum atomic E-state index is -1.12. The summed E-state index contributed by atoms with van der Waals surface area (Å²) < 4.78 is 4.88. The Morgan fingerprint density at radius 1 is 1.58 bits per heavy atom. The SMILES string of the molecule is CCC(OC)C(=NOC)C(=O)O. The first-order valence-electron chi connectivity index (χ1n) is 3.54. The Labute approximate surface area is 71.0 Å². The number of ether oxygens (including phenoxy) is 1. The summed E-state index contributed by atoms with van der Waals surface area (Å²) in [6.45, 7) is 1.81. The van der Waals surface area contributed by atoms with Gasteiger partial charge >= 0.3 is 5.97 Å². The molecule has 0 aromatic rings. The summed E-state index contributed by atoms with van der Waals surface area (Å²) in [6, 6.07) is 0. The molecule has 0 radical (unpaired) electrons. The van der Waals surface area contributed by atoms with Gasteiger partial charge in [-0.15, -0.1) is 0 Å². The van der Waals surface area contributed by atoms with Gasteiger partial charge in [-0.25, -0.2) is 4.79 Å². The molecule has 5 nitrogen and oxygen atoms in total. The summed E-state index contributed by atoms with van der Waals surface area (Å²) in [6.07, 6.45) is 0.0350. The van der Waals surface area contributed by atoms with Gasteiger partial charge in [-0.2, -0.15) is 0 Å². The molecule has 0 fully saturated rings. The molecule has 1 unspecified atom stereocenters. The van der Waals surface area contributed by atoms with Gasteiger partial charge in [0.2, 0.25) is 0 Å². The number of rotatable bonds is 5. The van der Waals surface area contributed by atoms with E-state index in [4.69, 9.17) is 9.84 Å². The third kappa shape index (κ3) is 2.87. The number of nitrogens with zero attached hydrogens (tertiary/aromatic N) is 1. The molecule has 0 heterocycles. The molecule has 0 aromatic carbocycles. The van der Waals surface area contributed by atoms with Crippen LogP contribution in [0.15, 0.2) is 5.16 Å². The van der Waals surface area contributed by atoms with E-state index in [-0.39, 0.29) is 5.71 Å². The lowest BCUT2D eigenvalue weighted by Gasteiger charge is -2.10. The average Bonchev–Trinajstić information content (AvgIpc) is 2.05. The van der Waals surface area contributed by atoms with E-state index in [9.17, 15) is 4.79 Å². The van der Waals surface area contributed by atoms with Crippen molar-refractivity contribution in [2.24, 2.45) is 5.16 Å². The number of aliphatic carboxylic acids is 1. The van der Waals surface area contributed by atoms with Gasteiger partial charge in [-0.3, -0.25) is 0 Å². The van der Waals surface area contributed by atoms with Gasteiger partial charge in [0, 0.05) is 7.11 Å². The maximum atomic E-state index is 10.6. The third-order valence-corrected chi connectivity index (χ3v) is 1.37. The fourth-order valence-electron chi connectivity index (χ4n) is 0.806. The van der Waals surface area contributed by atoms with Crippen molar-refractivity contribution < 1.29 is 19.5 Å². The van der Waals surface area contributed by atoms with Crippen molar-refractivity contribution >= 4 is 11.7 Å². The number of oxime groups is 1. The molecule has 5 heteroatoms. The topological polar surface area (TPSA) is 68.1 Å². The minimum absolute atomic E-state index is 0.109. The van der Waals surface area contributed by atoms with E-state index in [2.05, 4.69) is 9.99 Å². The zero-order chi connectivity index (χ0) is 9.56. The van der Waals surface area contributed by atoms with Gasteiger partial charge in [0.1, 0.15) is 13.2 Å². The van der Waals surface area contributed by atoms with Crippen LogP contribution in [-0.4, -0.2) is 37.1 Å². The van der Waals surface area contributed by atoms with E-state index < -0.39 is 12.1 Å². The summed E-state index contributed by atoms with van der Waals surface area (Å²) in [5.74, 6) is -1.12. The van der Waals surface area contributed by atoms with E-state index in [0.29, 0.717) is 6.42 Å². The van der Waals surface area contributed by atoms with Crippen molar-refractivity contribution in [3.05, 3.63) is 0 Å². The molecule has 0 aliphatic rings. The summed E-state index contributed by atoms with van der Waals surface area (Å²) in [5.41, 5.74) is -0.109. The normalized spacial score (nSPS) is 14.1. The summed E-state index contributed by atoms with van der Waals surface area (Å²) in [7, 11) is 2.73. The van der Waals surface area contributed by atoms with Crippen LogP contribution < -0.4 is 0 Å². The Morgan fingerprint density at radius 2 is 2.17 bits per heavy atom. The predicted molar refractivity (Wildman–Crippen MR) is 43.2 cm³/mol. The monoisotopic (exact) mass is 175 g/mol. The van der Waals surface area contributed by atoms with Crippen LogP contribution in [0.5, 0.6) is 0 Å². The number of hydrogen-bond donors (Lipinski definition) is 1. The summed E-state index contributed by atoms with van der Waals surface area (Å²) >= 11 is 0. The Morgan fingerprint density at radius 3 is 2.42 bits per heavy atom. The van der Waals surface area contributed by atoms with Crippen molar-refractivity contribution in [3.63, 3.8) is 0 Å². The minimum Gasteiger partial charge on any atom is -0.477 e. The highest BCUT2D eigenvalue weighted by Gasteiger charge is 2.21. The number of hydrogen-bond acceptors (Lipinski definition) is 4. The average molecular weight is 175 g/mol. The van der Waals surface area contributed by atoms with Crippen molar-refractivity contribution in [3.8, 4) is 0 Å².